The number of benzene rings is 1. The molecule has 20 heavy (non-hydrogen) atoms. The van der Waals surface area contributed by atoms with Crippen molar-refractivity contribution in [3.8, 4) is 0 Å². The van der Waals surface area contributed by atoms with E-state index in [0.717, 1.165) is 24.3 Å². The molecule has 1 fully saturated rings. The Morgan fingerprint density at radius 2 is 2.05 bits per heavy atom. The fourth-order valence-corrected chi connectivity index (χ4v) is 3.03. The van der Waals surface area contributed by atoms with Crippen molar-refractivity contribution >= 4 is 11.6 Å². The number of hydrogen-bond donors (Lipinski definition) is 2. The molecule has 1 heterocycles. The van der Waals surface area contributed by atoms with Crippen LogP contribution in [0.25, 0.3) is 0 Å². The summed E-state index contributed by atoms with van der Waals surface area (Å²) in [5.74, 6) is 1.28. The highest BCUT2D eigenvalue weighted by Crippen LogP contribution is 2.25. The normalized spacial score (nSPS) is 17.8. The standard InChI is InChI=1S/C17H26N2O/c1-12-4-5-16(14(3)10-12)19-17(20)11-13(2)15-6-8-18-9-7-15/h4-5,10,13,15,18H,6-9,11H2,1-3H3,(H,19,20). The molecule has 1 aromatic rings. The van der Waals surface area contributed by atoms with Crippen LogP contribution in [0.2, 0.25) is 0 Å². The molecule has 1 aliphatic rings. The molecule has 0 saturated carbocycles. The van der Waals surface area contributed by atoms with Crippen LogP contribution in [-0.2, 0) is 4.79 Å². The monoisotopic (exact) mass is 274 g/mol. The van der Waals surface area contributed by atoms with E-state index in [9.17, 15) is 4.79 Å². The van der Waals surface area contributed by atoms with E-state index in [1.807, 2.05) is 19.1 Å². The maximum absolute atomic E-state index is 12.2. The summed E-state index contributed by atoms with van der Waals surface area (Å²) in [6.07, 6.45) is 3.01. The van der Waals surface area contributed by atoms with Gasteiger partial charge < -0.3 is 10.6 Å². The number of carbonyl (C=O) groups is 1. The Balaban J connectivity index is 1.88. The molecule has 1 unspecified atom stereocenters. The maximum Gasteiger partial charge on any atom is 0.224 e. The first-order valence-electron chi connectivity index (χ1n) is 7.64. The summed E-state index contributed by atoms with van der Waals surface area (Å²) in [4.78, 5) is 12.2. The number of piperidine rings is 1. The first kappa shape index (κ1) is 15.0. The zero-order valence-corrected chi connectivity index (χ0v) is 12.8. The van der Waals surface area contributed by atoms with Crippen LogP contribution in [0.1, 0.15) is 37.3 Å². The number of nitrogens with one attached hydrogen (secondary N) is 2. The van der Waals surface area contributed by atoms with Gasteiger partial charge in [-0.1, -0.05) is 24.6 Å². The summed E-state index contributed by atoms with van der Waals surface area (Å²) < 4.78 is 0. The average molecular weight is 274 g/mol. The van der Waals surface area contributed by atoms with Gasteiger partial charge in [0.15, 0.2) is 0 Å². The van der Waals surface area contributed by atoms with Gasteiger partial charge in [0.1, 0.15) is 0 Å². The predicted octanol–water partition coefficient (Wildman–Crippen LogP) is 3.27. The highest BCUT2D eigenvalue weighted by atomic mass is 16.1. The summed E-state index contributed by atoms with van der Waals surface area (Å²) in [7, 11) is 0. The van der Waals surface area contributed by atoms with Gasteiger partial charge in [-0.25, -0.2) is 0 Å². The lowest BCUT2D eigenvalue weighted by atomic mass is 9.84. The van der Waals surface area contributed by atoms with Gasteiger partial charge in [0.2, 0.25) is 5.91 Å². The zero-order valence-electron chi connectivity index (χ0n) is 12.8. The van der Waals surface area contributed by atoms with Gasteiger partial charge in [-0.2, -0.15) is 0 Å². The molecule has 0 aromatic heterocycles. The summed E-state index contributed by atoms with van der Waals surface area (Å²) in [5, 5.41) is 6.43. The van der Waals surface area contributed by atoms with Gasteiger partial charge in [-0.15, -0.1) is 0 Å². The SMILES string of the molecule is Cc1ccc(NC(=O)CC(C)C2CCNCC2)c(C)c1. The second kappa shape index (κ2) is 6.89. The van der Waals surface area contributed by atoms with E-state index in [2.05, 4.69) is 30.5 Å². The molecule has 1 amide bonds. The third-order valence-corrected chi connectivity index (χ3v) is 4.35. The van der Waals surface area contributed by atoms with Crippen LogP contribution in [-0.4, -0.2) is 19.0 Å². The molecule has 0 aliphatic carbocycles. The summed E-state index contributed by atoms with van der Waals surface area (Å²) in [5.41, 5.74) is 3.30. The van der Waals surface area contributed by atoms with E-state index < -0.39 is 0 Å². The first-order chi connectivity index (χ1) is 9.56. The Morgan fingerprint density at radius 3 is 2.70 bits per heavy atom. The van der Waals surface area contributed by atoms with Crippen LogP contribution in [0.5, 0.6) is 0 Å². The Hall–Kier alpha value is -1.35. The summed E-state index contributed by atoms with van der Waals surface area (Å²) in [6.45, 7) is 8.50. The molecular weight excluding hydrogens is 248 g/mol. The molecule has 1 atom stereocenters. The average Bonchev–Trinajstić information content (AvgIpc) is 2.43. The van der Waals surface area contributed by atoms with E-state index in [0.29, 0.717) is 18.3 Å². The van der Waals surface area contributed by atoms with Gasteiger partial charge in [0, 0.05) is 12.1 Å². The van der Waals surface area contributed by atoms with E-state index in [1.165, 1.54) is 18.4 Å². The molecule has 2 rings (SSSR count). The van der Waals surface area contributed by atoms with Crippen molar-refractivity contribution in [2.45, 2.75) is 40.0 Å². The largest absolute Gasteiger partial charge is 0.326 e. The molecule has 1 aromatic carbocycles. The quantitative estimate of drug-likeness (QED) is 0.884. The van der Waals surface area contributed by atoms with E-state index in [-0.39, 0.29) is 5.91 Å². The minimum absolute atomic E-state index is 0.142. The molecule has 0 bridgehead atoms. The second-order valence-electron chi connectivity index (χ2n) is 6.14. The number of hydrogen-bond acceptors (Lipinski definition) is 2. The van der Waals surface area contributed by atoms with Gasteiger partial charge in [-0.05, 0) is 63.2 Å². The molecule has 0 spiro atoms. The number of aryl methyl sites for hydroxylation is 2. The van der Waals surface area contributed by atoms with Crippen molar-refractivity contribution in [3.63, 3.8) is 0 Å². The second-order valence-corrected chi connectivity index (χ2v) is 6.14. The van der Waals surface area contributed by atoms with Crippen molar-refractivity contribution in [3.05, 3.63) is 29.3 Å². The lowest BCUT2D eigenvalue weighted by molar-refractivity contribution is -0.117. The summed E-state index contributed by atoms with van der Waals surface area (Å²) >= 11 is 0. The van der Waals surface area contributed by atoms with Crippen molar-refractivity contribution in [2.24, 2.45) is 11.8 Å². The van der Waals surface area contributed by atoms with Crippen LogP contribution < -0.4 is 10.6 Å². The molecule has 1 aliphatic heterocycles. The van der Waals surface area contributed by atoms with Crippen LogP contribution >= 0.6 is 0 Å². The van der Waals surface area contributed by atoms with E-state index >= 15 is 0 Å². The number of rotatable bonds is 4. The zero-order chi connectivity index (χ0) is 14.5. The van der Waals surface area contributed by atoms with E-state index in [1.54, 1.807) is 0 Å². The fraction of sp³-hybridized carbons (Fsp3) is 0.588. The third-order valence-electron chi connectivity index (χ3n) is 4.35. The molecule has 1 saturated heterocycles. The molecule has 3 nitrogen and oxygen atoms in total. The molecule has 0 radical (unpaired) electrons. The van der Waals surface area contributed by atoms with Gasteiger partial charge >= 0.3 is 0 Å². The minimum atomic E-state index is 0.142. The highest BCUT2D eigenvalue weighted by molar-refractivity contribution is 5.91. The van der Waals surface area contributed by atoms with Gasteiger partial charge in [-0.3, -0.25) is 4.79 Å². The molecule has 110 valence electrons. The van der Waals surface area contributed by atoms with Crippen molar-refractivity contribution in [2.75, 3.05) is 18.4 Å². The number of anilines is 1. The lowest BCUT2D eigenvalue weighted by Gasteiger charge is -2.28. The van der Waals surface area contributed by atoms with Gasteiger partial charge in [0.25, 0.3) is 0 Å². The Morgan fingerprint density at radius 1 is 1.35 bits per heavy atom. The summed E-state index contributed by atoms with van der Waals surface area (Å²) in [6, 6.07) is 6.14. The predicted molar refractivity (Wildman–Crippen MR) is 83.9 cm³/mol. The van der Waals surface area contributed by atoms with E-state index in [4.69, 9.17) is 0 Å². The third kappa shape index (κ3) is 4.07. The lowest BCUT2D eigenvalue weighted by Crippen LogP contribution is -2.32. The Bertz CT molecular complexity index is 464. The number of carbonyl (C=O) groups excluding carboxylic acids is 1. The van der Waals surface area contributed by atoms with Crippen LogP contribution in [0.4, 0.5) is 5.69 Å². The maximum atomic E-state index is 12.2. The van der Waals surface area contributed by atoms with Crippen LogP contribution in [0.3, 0.4) is 0 Å². The van der Waals surface area contributed by atoms with Crippen LogP contribution in [0.15, 0.2) is 18.2 Å². The Labute approximate surface area is 122 Å². The van der Waals surface area contributed by atoms with Crippen LogP contribution in [0, 0.1) is 25.7 Å². The Kier molecular flexibility index (Phi) is 5.18. The number of amides is 1. The minimum Gasteiger partial charge on any atom is -0.326 e. The van der Waals surface area contributed by atoms with Gasteiger partial charge in [0.05, 0.1) is 0 Å². The topological polar surface area (TPSA) is 41.1 Å². The molecular formula is C17H26N2O. The molecule has 2 N–H and O–H groups in total. The molecule has 3 heteroatoms. The van der Waals surface area contributed by atoms with Crippen molar-refractivity contribution < 1.29 is 4.79 Å². The fourth-order valence-electron chi connectivity index (χ4n) is 3.03. The van der Waals surface area contributed by atoms with Crippen molar-refractivity contribution in [1.29, 1.82) is 0 Å². The first-order valence-corrected chi connectivity index (χ1v) is 7.64. The highest BCUT2D eigenvalue weighted by Gasteiger charge is 2.22. The smallest absolute Gasteiger partial charge is 0.224 e. The van der Waals surface area contributed by atoms with Crippen molar-refractivity contribution in [1.82, 2.24) is 5.32 Å².